The molecular weight excluding hydrogens is 346 g/mol. The number of anilines is 1. The van der Waals surface area contributed by atoms with E-state index in [1.807, 2.05) is 19.2 Å². The van der Waals surface area contributed by atoms with Gasteiger partial charge in [-0.3, -0.25) is 4.79 Å². The summed E-state index contributed by atoms with van der Waals surface area (Å²) in [6.07, 6.45) is 4.58. The van der Waals surface area contributed by atoms with Gasteiger partial charge in [-0.15, -0.1) is 11.3 Å². The number of hydrogen-bond donors (Lipinski definition) is 1. The van der Waals surface area contributed by atoms with Crippen LogP contribution in [0.25, 0.3) is 11.3 Å². The molecule has 3 aromatic rings. The van der Waals surface area contributed by atoms with Crippen LogP contribution in [0.5, 0.6) is 0 Å². The average Bonchev–Trinajstić information content (AvgIpc) is 3.34. The number of benzene rings is 1. The summed E-state index contributed by atoms with van der Waals surface area (Å²) in [5.74, 6) is 0.739. The molecule has 0 saturated carbocycles. The molecule has 0 saturated heterocycles. The van der Waals surface area contributed by atoms with Gasteiger partial charge in [0.1, 0.15) is 5.76 Å². The molecule has 0 radical (unpaired) electrons. The molecule has 1 amide bonds. The van der Waals surface area contributed by atoms with Gasteiger partial charge in [-0.25, -0.2) is 4.98 Å². The van der Waals surface area contributed by atoms with E-state index in [1.54, 1.807) is 0 Å². The Morgan fingerprint density at radius 3 is 2.92 bits per heavy atom. The van der Waals surface area contributed by atoms with Gasteiger partial charge in [0.25, 0.3) is 0 Å². The van der Waals surface area contributed by atoms with Crippen LogP contribution >= 0.6 is 11.3 Å². The van der Waals surface area contributed by atoms with Crippen LogP contribution in [-0.4, -0.2) is 16.0 Å². The van der Waals surface area contributed by atoms with Crippen LogP contribution in [0.4, 0.5) is 5.13 Å². The fourth-order valence-corrected chi connectivity index (χ4v) is 4.21. The van der Waals surface area contributed by atoms with E-state index in [-0.39, 0.29) is 5.91 Å². The minimum Gasteiger partial charge on any atom is -0.361 e. The molecule has 0 atom stereocenters. The Labute approximate surface area is 156 Å². The highest BCUT2D eigenvalue weighted by Gasteiger charge is 2.15. The number of carbonyl (C=O) groups excluding carboxylic acids is 1. The van der Waals surface area contributed by atoms with Gasteiger partial charge in [0, 0.05) is 22.9 Å². The van der Waals surface area contributed by atoms with Crippen LogP contribution in [0.15, 0.2) is 28.1 Å². The molecule has 5 nitrogen and oxygen atoms in total. The van der Waals surface area contributed by atoms with Gasteiger partial charge in [-0.2, -0.15) is 0 Å². The zero-order valence-electron chi connectivity index (χ0n) is 15.0. The number of aryl methyl sites for hydroxylation is 4. The van der Waals surface area contributed by atoms with Crippen LogP contribution in [-0.2, 0) is 24.1 Å². The van der Waals surface area contributed by atoms with E-state index >= 15 is 0 Å². The summed E-state index contributed by atoms with van der Waals surface area (Å²) in [5.41, 5.74) is 6.79. The molecule has 6 heteroatoms. The number of nitrogens with one attached hydrogen (secondary N) is 1. The van der Waals surface area contributed by atoms with Crippen LogP contribution < -0.4 is 5.32 Å². The number of fused-ring (bicyclic) bond motifs is 1. The van der Waals surface area contributed by atoms with Crippen LogP contribution in [0.2, 0.25) is 0 Å². The van der Waals surface area contributed by atoms with Crippen molar-refractivity contribution < 1.29 is 9.32 Å². The van der Waals surface area contributed by atoms with Crippen molar-refractivity contribution in [2.45, 2.75) is 46.0 Å². The minimum atomic E-state index is -0.0418. The maximum atomic E-state index is 12.2. The molecule has 2 aromatic heterocycles. The third-order valence-electron chi connectivity index (χ3n) is 4.93. The molecule has 0 fully saturated rings. The molecule has 1 N–H and O–H groups in total. The predicted octanol–water partition coefficient (Wildman–Crippen LogP) is 4.47. The normalized spacial score (nSPS) is 13.0. The lowest BCUT2D eigenvalue weighted by Crippen LogP contribution is -2.12. The van der Waals surface area contributed by atoms with Crippen LogP contribution in [0, 0.1) is 13.8 Å². The second kappa shape index (κ2) is 7.03. The minimum absolute atomic E-state index is 0.0418. The molecule has 134 valence electrons. The molecular formula is C20H21N3O2S. The van der Waals surface area contributed by atoms with Crippen molar-refractivity contribution >= 4 is 22.4 Å². The number of amides is 1. The van der Waals surface area contributed by atoms with Gasteiger partial charge in [0.15, 0.2) is 5.13 Å². The lowest BCUT2D eigenvalue weighted by molar-refractivity contribution is -0.116. The molecule has 1 aliphatic carbocycles. The van der Waals surface area contributed by atoms with E-state index in [2.05, 4.69) is 33.7 Å². The lowest BCUT2D eigenvalue weighted by Gasteiger charge is -2.03. The monoisotopic (exact) mass is 367 g/mol. The molecule has 1 aliphatic rings. The topological polar surface area (TPSA) is 68.0 Å². The van der Waals surface area contributed by atoms with Crippen molar-refractivity contribution in [1.82, 2.24) is 10.1 Å². The zero-order chi connectivity index (χ0) is 18.1. The number of rotatable bonds is 5. The summed E-state index contributed by atoms with van der Waals surface area (Å²) in [7, 11) is 0. The Kier molecular flexibility index (Phi) is 4.59. The number of nitrogens with zero attached hydrogens (tertiary/aromatic N) is 2. The third kappa shape index (κ3) is 3.42. The van der Waals surface area contributed by atoms with Crippen LogP contribution in [0.3, 0.4) is 0 Å². The van der Waals surface area contributed by atoms with Crippen molar-refractivity contribution in [3.8, 4) is 11.3 Å². The summed E-state index contributed by atoms with van der Waals surface area (Å²) < 4.78 is 5.14. The number of carbonyl (C=O) groups is 1. The van der Waals surface area contributed by atoms with Gasteiger partial charge >= 0.3 is 0 Å². The van der Waals surface area contributed by atoms with E-state index < -0.39 is 0 Å². The highest BCUT2D eigenvalue weighted by molar-refractivity contribution is 7.14. The van der Waals surface area contributed by atoms with Gasteiger partial charge in [0.2, 0.25) is 5.91 Å². The zero-order valence-corrected chi connectivity index (χ0v) is 15.8. The SMILES string of the molecule is Cc1noc(C)c1CCC(=O)Nc1nc(-c2ccc3c(c2)CCC3)cs1. The van der Waals surface area contributed by atoms with Crippen LogP contribution in [0.1, 0.15) is 41.0 Å². The summed E-state index contributed by atoms with van der Waals surface area (Å²) in [4.78, 5) is 16.8. The van der Waals surface area contributed by atoms with Gasteiger partial charge in [-0.1, -0.05) is 17.3 Å². The Morgan fingerprint density at radius 2 is 2.12 bits per heavy atom. The Bertz CT molecular complexity index is 938. The molecule has 0 spiro atoms. The Balaban J connectivity index is 1.39. The average molecular weight is 367 g/mol. The molecule has 0 aliphatic heterocycles. The van der Waals surface area contributed by atoms with E-state index in [9.17, 15) is 4.79 Å². The van der Waals surface area contributed by atoms with E-state index in [4.69, 9.17) is 4.52 Å². The molecule has 26 heavy (non-hydrogen) atoms. The number of aromatic nitrogens is 2. The van der Waals surface area contributed by atoms with Crippen molar-refractivity contribution in [3.63, 3.8) is 0 Å². The van der Waals surface area contributed by atoms with E-state index in [1.165, 1.54) is 35.3 Å². The van der Waals surface area contributed by atoms with Gasteiger partial charge < -0.3 is 9.84 Å². The molecule has 0 unspecified atom stereocenters. The van der Waals surface area contributed by atoms with Crippen molar-refractivity contribution in [2.24, 2.45) is 0 Å². The highest BCUT2D eigenvalue weighted by Crippen LogP contribution is 2.30. The Hall–Kier alpha value is -2.47. The highest BCUT2D eigenvalue weighted by atomic mass is 32.1. The molecule has 2 heterocycles. The second-order valence-electron chi connectivity index (χ2n) is 6.73. The smallest absolute Gasteiger partial charge is 0.226 e. The van der Waals surface area contributed by atoms with Gasteiger partial charge in [0.05, 0.1) is 11.4 Å². The van der Waals surface area contributed by atoms with E-state index in [0.717, 1.165) is 34.7 Å². The standard InChI is InChI=1S/C20H21N3O2S/c1-12-17(13(2)25-23-12)8-9-19(24)22-20-21-18(11-26-20)16-7-6-14-4-3-5-15(14)10-16/h6-7,10-11H,3-5,8-9H2,1-2H3,(H,21,22,24). The maximum Gasteiger partial charge on any atom is 0.226 e. The summed E-state index contributed by atoms with van der Waals surface area (Å²) in [6.45, 7) is 3.77. The van der Waals surface area contributed by atoms with Crippen molar-refractivity contribution in [1.29, 1.82) is 0 Å². The fraction of sp³-hybridized carbons (Fsp3) is 0.350. The van der Waals surface area contributed by atoms with Gasteiger partial charge in [-0.05, 0) is 56.7 Å². The summed E-state index contributed by atoms with van der Waals surface area (Å²) in [5, 5.41) is 9.47. The number of hydrogen-bond acceptors (Lipinski definition) is 5. The fourth-order valence-electron chi connectivity index (χ4n) is 3.47. The summed E-state index contributed by atoms with van der Waals surface area (Å²) in [6, 6.07) is 6.57. The third-order valence-corrected chi connectivity index (χ3v) is 5.69. The molecule has 1 aromatic carbocycles. The maximum absolute atomic E-state index is 12.2. The first-order valence-electron chi connectivity index (χ1n) is 8.89. The first kappa shape index (κ1) is 17.0. The van der Waals surface area contributed by atoms with Crippen molar-refractivity contribution in [3.05, 3.63) is 51.7 Å². The molecule has 0 bridgehead atoms. The number of thiazole rings is 1. The first-order chi connectivity index (χ1) is 12.6. The quantitative estimate of drug-likeness (QED) is 0.722. The summed E-state index contributed by atoms with van der Waals surface area (Å²) >= 11 is 1.46. The Morgan fingerprint density at radius 1 is 1.27 bits per heavy atom. The first-order valence-corrected chi connectivity index (χ1v) is 9.77. The lowest BCUT2D eigenvalue weighted by atomic mass is 10.1. The molecule has 4 rings (SSSR count). The second-order valence-corrected chi connectivity index (χ2v) is 7.58. The largest absolute Gasteiger partial charge is 0.361 e. The van der Waals surface area contributed by atoms with E-state index in [0.29, 0.717) is 18.0 Å². The van der Waals surface area contributed by atoms with Crippen molar-refractivity contribution in [2.75, 3.05) is 5.32 Å². The predicted molar refractivity (Wildman–Crippen MR) is 103 cm³/mol.